The number of nitro groups is 1. The average Bonchev–Trinajstić information content (AvgIpc) is 2.98. The molecule has 210 valence electrons. The highest BCUT2D eigenvalue weighted by atomic mass is 32.2. The minimum Gasteiger partial charge on any atom is -0.322 e. The molecule has 4 aromatic carbocycles. The van der Waals surface area contributed by atoms with E-state index in [0.29, 0.717) is 5.88 Å². The lowest BCUT2D eigenvalue weighted by molar-refractivity contribution is -0.387. The first-order valence-corrected chi connectivity index (χ1v) is 16.2. The number of aryl methyl sites for hydroxylation is 1. The summed E-state index contributed by atoms with van der Waals surface area (Å²) in [6.45, 7) is 4.01. The smallest absolute Gasteiger partial charge is 0.289 e. The van der Waals surface area contributed by atoms with Crippen LogP contribution in [0.25, 0.3) is 0 Å². The molecule has 0 fully saturated rings. The third kappa shape index (κ3) is 7.74. The van der Waals surface area contributed by atoms with Gasteiger partial charge in [-0.25, -0.2) is 13.1 Å². The summed E-state index contributed by atoms with van der Waals surface area (Å²) in [6, 6.07) is 35.3. The van der Waals surface area contributed by atoms with E-state index in [1.54, 1.807) is 11.8 Å². The van der Waals surface area contributed by atoms with Gasteiger partial charge in [0, 0.05) is 11.9 Å². The van der Waals surface area contributed by atoms with Crippen molar-refractivity contribution in [3.8, 4) is 0 Å². The Morgan fingerprint density at radius 2 is 1.32 bits per heavy atom. The number of hydrogen-bond acceptors (Lipinski definition) is 7. The van der Waals surface area contributed by atoms with Gasteiger partial charge in [-0.15, -0.1) is 23.5 Å². The van der Waals surface area contributed by atoms with Crippen LogP contribution in [-0.2, 0) is 14.8 Å². The van der Waals surface area contributed by atoms with Crippen LogP contribution in [0.15, 0.2) is 114 Å². The zero-order valence-corrected chi connectivity index (χ0v) is 24.8. The first-order valence-electron chi connectivity index (χ1n) is 12.6. The first-order chi connectivity index (χ1) is 19.3. The van der Waals surface area contributed by atoms with E-state index in [9.17, 15) is 18.5 Å². The fourth-order valence-corrected chi connectivity index (χ4v) is 7.29. The predicted octanol–water partition coefficient (Wildman–Crippen LogP) is 6.52. The van der Waals surface area contributed by atoms with E-state index in [4.69, 9.17) is 5.73 Å². The third-order valence-corrected chi connectivity index (χ3v) is 9.72. The molecule has 0 heterocycles. The van der Waals surface area contributed by atoms with Crippen molar-refractivity contribution in [2.75, 3.05) is 17.5 Å². The summed E-state index contributed by atoms with van der Waals surface area (Å²) < 4.78 is 25.6. The zero-order chi connectivity index (χ0) is 29.0. The van der Waals surface area contributed by atoms with Crippen LogP contribution in [0.5, 0.6) is 0 Å². The van der Waals surface area contributed by atoms with Crippen LogP contribution in [-0.4, -0.2) is 30.8 Å². The predicted molar refractivity (Wildman–Crippen MR) is 167 cm³/mol. The summed E-state index contributed by atoms with van der Waals surface area (Å²) in [5.41, 5.74) is 10.6. The van der Waals surface area contributed by atoms with Crippen LogP contribution in [0.2, 0.25) is 0 Å². The molecule has 3 N–H and O–H groups in total. The van der Waals surface area contributed by atoms with Crippen molar-refractivity contribution < 1.29 is 13.3 Å². The second kappa shape index (κ2) is 15.0. The summed E-state index contributed by atoms with van der Waals surface area (Å²) in [5, 5.41) is 10.7. The molecule has 0 aliphatic carbocycles. The number of thioether (sulfide) groups is 2. The summed E-state index contributed by atoms with van der Waals surface area (Å²) in [7, 11) is -3.82. The minimum atomic E-state index is -3.82. The number of nitrogens with one attached hydrogen (secondary N) is 1. The highest BCUT2D eigenvalue weighted by Crippen LogP contribution is 2.47. The van der Waals surface area contributed by atoms with Crippen molar-refractivity contribution >= 4 is 39.2 Å². The Morgan fingerprint density at radius 1 is 0.825 bits per heavy atom. The molecule has 0 atom stereocenters. The molecule has 0 radical (unpaired) electrons. The molecule has 0 amide bonds. The molecule has 0 aliphatic rings. The Morgan fingerprint density at radius 3 is 1.82 bits per heavy atom. The van der Waals surface area contributed by atoms with E-state index < -0.39 is 20.6 Å². The van der Waals surface area contributed by atoms with E-state index in [-0.39, 0.29) is 15.5 Å². The highest BCUT2D eigenvalue weighted by molar-refractivity contribution is 8.00. The monoisotopic (exact) mass is 595 g/mol. The molecule has 4 rings (SSSR count). The van der Waals surface area contributed by atoms with Gasteiger partial charge in [0.1, 0.15) is 0 Å². The van der Waals surface area contributed by atoms with E-state index in [1.807, 2.05) is 6.92 Å². The summed E-state index contributed by atoms with van der Waals surface area (Å²) in [5.74, 6) is 1.52. The number of benzene rings is 4. The van der Waals surface area contributed by atoms with E-state index in [2.05, 4.69) is 96.6 Å². The molecule has 0 saturated heterocycles. The molecule has 0 aromatic heterocycles. The van der Waals surface area contributed by atoms with Crippen molar-refractivity contribution in [1.29, 1.82) is 0 Å². The Balaban J connectivity index is 0.000000232. The third-order valence-electron chi connectivity index (χ3n) is 6.03. The van der Waals surface area contributed by atoms with Crippen molar-refractivity contribution in [3.05, 3.63) is 142 Å². The molecule has 0 aliphatic heterocycles. The molecule has 10 heteroatoms. The van der Waals surface area contributed by atoms with Gasteiger partial charge in [0.05, 0.1) is 15.5 Å². The quantitative estimate of drug-likeness (QED) is 0.0667. The number of para-hydroxylation sites is 1. The molecular formula is C30H33N3O4S3. The fourth-order valence-electron chi connectivity index (χ4n) is 4.14. The number of sulfonamides is 1. The molecule has 0 saturated carbocycles. The zero-order valence-electron chi connectivity index (χ0n) is 22.4. The van der Waals surface area contributed by atoms with Crippen molar-refractivity contribution in [1.82, 2.24) is 4.72 Å². The van der Waals surface area contributed by atoms with Gasteiger partial charge in [-0.2, -0.15) is 0 Å². The summed E-state index contributed by atoms with van der Waals surface area (Å²) >= 11 is 3.15. The Kier molecular flexibility index (Phi) is 11.8. The van der Waals surface area contributed by atoms with E-state index >= 15 is 0 Å². The fraction of sp³-hybridized carbons (Fsp3) is 0.200. The maximum atomic E-state index is 11.8. The maximum absolute atomic E-state index is 11.8. The Labute approximate surface area is 244 Å². The molecule has 7 nitrogen and oxygen atoms in total. The Bertz CT molecular complexity index is 1430. The maximum Gasteiger partial charge on any atom is 0.289 e. The van der Waals surface area contributed by atoms with Gasteiger partial charge in [0.15, 0.2) is 4.90 Å². The van der Waals surface area contributed by atoms with Gasteiger partial charge in [0.2, 0.25) is 10.0 Å². The lowest BCUT2D eigenvalue weighted by atomic mass is 9.84. The largest absolute Gasteiger partial charge is 0.322 e. The van der Waals surface area contributed by atoms with Crippen LogP contribution in [0, 0.1) is 17.0 Å². The van der Waals surface area contributed by atoms with Crippen molar-refractivity contribution in [2.24, 2.45) is 5.73 Å². The molecule has 0 spiro atoms. The van der Waals surface area contributed by atoms with Crippen LogP contribution < -0.4 is 10.5 Å². The van der Waals surface area contributed by atoms with Gasteiger partial charge < -0.3 is 5.73 Å². The molecule has 0 unspecified atom stereocenters. The minimum absolute atomic E-state index is 0.199. The normalized spacial score (nSPS) is 11.4. The Hall–Kier alpha value is -3.15. The second-order valence-corrected chi connectivity index (χ2v) is 12.8. The van der Waals surface area contributed by atoms with Gasteiger partial charge in [-0.1, -0.05) is 110 Å². The first kappa shape index (κ1) is 31.4. The number of hydrogen-bond donors (Lipinski definition) is 2. The summed E-state index contributed by atoms with van der Waals surface area (Å²) in [6.07, 6.45) is 0. The lowest BCUT2D eigenvalue weighted by Crippen LogP contribution is -2.27. The number of nitro benzene ring substituents is 1. The number of nitrogens with zero attached hydrogens (tertiary/aromatic N) is 1. The van der Waals surface area contributed by atoms with Crippen LogP contribution in [0.3, 0.4) is 0 Å². The molecule has 4 aromatic rings. The molecular weight excluding hydrogens is 563 g/mol. The molecule has 0 bridgehead atoms. The van der Waals surface area contributed by atoms with Crippen molar-refractivity contribution in [2.45, 2.75) is 23.5 Å². The SMILES string of the molecule is CCSCNS(=O)(=O)c1ccccc1[N+](=O)[O-].Cc1ccc(C(SCN)(c2ccccc2)c2ccccc2)cc1. The lowest BCUT2D eigenvalue weighted by Gasteiger charge is -2.35. The van der Waals surface area contributed by atoms with Gasteiger partial charge >= 0.3 is 0 Å². The average molecular weight is 596 g/mol. The van der Waals surface area contributed by atoms with E-state index in [0.717, 1.165) is 5.75 Å². The van der Waals surface area contributed by atoms with Crippen LogP contribution >= 0.6 is 23.5 Å². The molecule has 40 heavy (non-hydrogen) atoms. The number of nitrogens with two attached hydrogens (primary N) is 1. The second-order valence-electron chi connectivity index (χ2n) is 8.60. The number of rotatable bonds is 11. The standard InChI is InChI=1S/C21H21NS.C9H12N2O4S2/c1-17-12-14-20(15-13-17)21(23-16-22,18-8-4-2-5-9-18)19-10-6-3-7-11-19;1-2-16-7-10-17(14,15)9-6-4-3-5-8(9)11(12)13/h2-15H,16,22H2,1H3;3-6,10H,2,7H2,1H3. The van der Waals surface area contributed by atoms with E-state index in [1.165, 1.54) is 58.3 Å². The summed E-state index contributed by atoms with van der Waals surface area (Å²) in [4.78, 5) is 9.70. The van der Waals surface area contributed by atoms with Crippen LogP contribution in [0.1, 0.15) is 29.2 Å². The topological polar surface area (TPSA) is 115 Å². The van der Waals surface area contributed by atoms with Crippen molar-refractivity contribution in [3.63, 3.8) is 0 Å². The highest BCUT2D eigenvalue weighted by Gasteiger charge is 2.36. The van der Waals surface area contributed by atoms with Gasteiger partial charge in [0.25, 0.3) is 5.69 Å². The van der Waals surface area contributed by atoms with Crippen LogP contribution in [0.4, 0.5) is 5.69 Å². The van der Waals surface area contributed by atoms with Gasteiger partial charge in [-0.3, -0.25) is 10.1 Å². The van der Waals surface area contributed by atoms with Gasteiger partial charge in [-0.05, 0) is 35.4 Å².